The van der Waals surface area contributed by atoms with Crippen molar-refractivity contribution in [1.82, 2.24) is 19.5 Å². The standard InChI is InChI=1S/C21H35N7/c1-14(2)11-12-23-19-18-20(28(13-24-18)17-5-3-4-6-17)27-21(26-19)25-16-9-7-15(22)8-10-16/h13-17H,3-12,22H2,1-2H3,(H2,23,25,26,27). The van der Waals surface area contributed by atoms with Crippen molar-refractivity contribution >= 4 is 22.9 Å². The van der Waals surface area contributed by atoms with Gasteiger partial charge >= 0.3 is 0 Å². The van der Waals surface area contributed by atoms with Crippen LogP contribution in [-0.2, 0) is 0 Å². The van der Waals surface area contributed by atoms with E-state index in [1.165, 1.54) is 25.7 Å². The molecule has 0 amide bonds. The average Bonchev–Trinajstić information content (AvgIpc) is 3.32. The largest absolute Gasteiger partial charge is 0.368 e. The molecular weight excluding hydrogens is 350 g/mol. The number of hydrogen-bond donors (Lipinski definition) is 3. The highest BCUT2D eigenvalue weighted by Gasteiger charge is 2.23. The highest BCUT2D eigenvalue weighted by atomic mass is 15.2. The smallest absolute Gasteiger partial charge is 0.227 e. The van der Waals surface area contributed by atoms with Crippen LogP contribution in [0.2, 0.25) is 0 Å². The van der Waals surface area contributed by atoms with Gasteiger partial charge in [0.25, 0.3) is 0 Å². The van der Waals surface area contributed by atoms with Crippen LogP contribution in [0.5, 0.6) is 0 Å². The lowest BCUT2D eigenvalue weighted by Gasteiger charge is -2.27. The quantitative estimate of drug-likeness (QED) is 0.665. The van der Waals surface area contributed by atoms with E-state index >= 15 is 0 Å². The Morgan fingerprint density at radius 1 is 1.11 bits per heavy atom. The molecule has 7 nitrogen and oxygen atoms in total. The normalized spacial score (nSPS) is 23.6. The molecule has 2 aromatic heterocycles. The lowest BCUT2D eigenvalue weighted by atomic mass is 9.92. The van der Waals surface area contributed by atoms with E-state index in [-0.39, 0.29) is 0 Å². The summed E-state index contributed by atoms with van der Waals surface area (Å²) < 4.78 is 2.28. The third-order valence-electron chi connectivity index (χ3n) is 6.26. The first kappa shape index (κ1) is 19.4. The zero-order valence-corrected chi connectivity index (χ0v) is 17.3. The lowest BCUT2D eigenvalue weighted by molar-refractivity contribution is 0.410. The molecule has 2 aromatic rings. The Labute approximate surface area is 167 Å². The van der Waals surface area contributed by atoms with Crippen LogP contribution in [0.1, 0.15) is 77.7 Å². The van der Waals surface area contributed by atoms with Crippen molar-refractivity contribution in [3.8, 4) is 0 Å². The van der Waals surface area contributed by atoms with Gasteiger partial charge < -0.3 is 20.9 Å². The Morgan fingerprint density at radius 2 is 1.86 bits per heavy atom. The van der Waals surface area contributed by atoms with Crippen LogP contribution in [0, 0.1) is 5.92 Å². The van der Waals surface area contributed by atoms with E-state index in [2.05, 4.69) is 34.0 Å². The lowest BCUT2D eigenvalue weighted by Crippen LogP contribution is -2.33. The molecule has 0 radical (unpaired) electrons. The second-order valence-corrected chi connectivity index (χ2v) is 9.02. The molecule has 0 saturated heterocycles. The Balaban J connectivity index is 1.60. The fraction of sp³-hybridized carbons (Fsp3) is 0.762. The van der Waals surface area contributed by atoms with Crippen molar-refractivity contribution in [2.24, 2.45) is 11.7 Å². The second-order valence-electron chi connectivity index (χ2n) is 9.02. The first-order valence-corrected chi connectivity index (χ1v) is 11.1. The number of nitrogens with zero attached hydrogens (tertiary/aromatic N) is 4. The third kappa shape index (κ3) is 4.40. The fourth-order valence-corrected chi connectivity index (χ4v) is 4.48. The summed E-state index contributed by atoms with van der Waals surface area (Å²) >= 11 is 0. The van der Waals surface area contributed by atoms with Crippen LogP contribution in [-0.4, -0.2) is 38.1 Å². The zero-order valence-electron chi connectivity index (χ0n) is 17.3. The van der Waals surface area contributed by atoms with Crippen LogP contribution in [0.4, 0.5) is 11.8 Å². The van der Waals surface area contributed by atoms with E-state index in [0.29, 0.717) is 24.0 Å². The van der Waals surface area contributed by atoms with Gasteiger partial charge in [0.2, 0.25) is 5.95 Å². The molecule has 7 heteroatoms. The summed E-state index contributed by atoms with van der Waals surface area (Å²) in [5.74, 6) is 2.24. The molecule has 4 rings (SSSR count). The van der Waals surface area contributed by atoms with Gasteiger partial charge in [0, 0.05) is 24.7 Å². The minimum absolute atomic E-state index is 0.346. The van der Waals surface area contributed by atoms with Crippen LogP contribution < -0.4 is 16.4 Å². The molecule has 0 aliphatic heterocycles. The van der Waals surface area contributed by atoms with Gasteiger partial charge in [0.15, 0.2) is 17.0 Å². The topological polar surface area (TPSA) is 93.7 Å². The van der Waals surface area contributed by atoms with Gasteiger partial charge in [-0.25, -0.2) is 4.98 Å². The van der Waals surface area contributed by atoms with Crippen LogP contribution in [0.3, 0.4) is 0 Å². The number of imidazole rings is 1. The predicted molar refractivity (Wildman–Crippen MR) is 115 cm³/mol. The predicted octanol–water partition coefficient (Wildman–Crippen LogP) is 4.08. The van der Waals surface area contributed by atoms with E-state index in [0.717, 1.165) is 61.6 Å². The highest BCUT2D eigenvalue weighted by Crippen LogP contribution is 2.33. The summed E-state index contributed by atoms with van der Waals surface area (Å²) in [7, 11) is 0. The molecule has 2 fully saturated rings. The number of nitrogens with two attached hydrogens (primary N) is 1. The molecule has 2 heterocycles. The van der Waals surface area contributed by atoms with E-state index in [9.17, 15) is 0 Å². The highest BCUT2D eigenvalue weighted by molar-refractivity contribution is 5.84. The summed E-state index contributed by atoms with van der Waals surface area (Å²) in [6, 6.07) is 1.27. The van der Waals surface area contributed by atoms with Gasteiger partial charge in [0.1, 0.15) is 0 Å². The first-order valence-electron chi connectivity index (χ1n) is 11.1. The number of anilines is 2. The van der Waals surface area contributed by atoms with Gasteiger partial charge in [-0.1, -0.05) is 26.7 Å². The Bertz CT molecular complexity index is 770. The first-order chi connectivity index (χ1) is 13.6. The number of nitrogens with one attached hydrogen (secondary N) is 2. The van der Waals surface area contributed by atoms with Crippen molar-refractivity contribution < 1.29 is 0 Å². The maximum Gasteiger partial charge on any atom is 0.227 e. The molecule has 0 bridgehead atoms. The molecule has 28 heavy (non-hydrogen) atoms. The second kappa shape index (κ2) is 8.64. The molecule has 0 spiro atoms. The summed E-state index contributed by atoms with van der Waals surface area (Å²) in [4.78, 5) is 14.4. The van der Waals surface area contributed by atoms with Crippen molar-refractivity contribution in [3.63, 3.8) is 0 Å². The van der Waals surface area contributed by atoms with Gasteiger partial charge in [-0.15, -0.1) is 0 Å². The Morgan fingerprint density at radius 3 is 2.57 bits per heavy atom. The van der Waals surface area contributed by atoms with Crippen LogP contribution in [0.25, 0.3) is 11.2 Å². The van der Waals surface area contributed by atoms with Gasteiger partial charge in [0.05, 0.1) is 6.33 Å². The summed E-state index contributed by atoms with van der Waals surface area (Å²) in [5.41, 5.74) is 7.92. The van der Waals surface area contributed by atoms with E-state index in [1.807, 2.05) is 6.33 Å². The molecule has 0 unspecified atom stereocenters. The monoisotopic (exact) mass is 385 g/mol. The number of aromatic nitrogens is 4. The minimum Gasteiger partial charge on any atom is -0.368 e. The van der Waals surface area contributed by atoms with Gasteiger partial charge in [-0.05, 0) is 50.9 Å². The minimum atomic E-state index is 0.346. The van der Waals surface area contributed by atoms with Crippen molar-refractivity contribution in [2.75, 3.05) is 17.2 Å². The summed E-state index contributed by atoms with van der Waals surface area (Å²) in [5, 5.41) is 7.10. The average molecular weight is 386 g/mol. The van der Waals surface area contributed by atoms with Crippen molar-refractivity contribution in [3.05, 3.63) is 6.33 Å². The fourth-order valence-electron chi connectivity index (χ4n) is 4.48. The molecule has 2 aliphatic rings. The molecule has 0 aromatic carbocycles. The maximum atomic E-state index is 6.06. The van der Waals surface area contributed by atoms with Gasteiger partial charge in [-0.2, -0.15) is 9.97 Å². The Hall–Kier alpha value is -1.89. The molecule has 2 aliphatic carbocycles. The molecule has 0 atom stereocenters. The molecular formula is C21H35N7. The number of rotatable bonds is 7. The van der Waals surface area contributed by atoms with Crippen LogP contribution >= 0.6 is 0 Å². The van der Waals surface area contributed by atoms with E-state index in [1.54, 1.807) is 0 Å². The van der Waals surface area contributed by atoms with E-state index < -0.39 is 0 Å². The Kier molecular flexibility index (Phi) is 5.99. The summed E-state index contributed by atoms with van der Waals surface area (Å²) in [6.45, 7) is 5.39. The van der Waals surface area contributed by atoms with Crippen molar-refractivity contribution in [2.45, 2.75) is 89.8 Å². The van der Waals surface area contributed by atoms with Crippen LogP contribution in [0.15, 0.2) is 6.33 Å². The number of hydrogen-bond acceptors (Lipinski definition) is 6. The summed E-state index contributed by atoms with van der Waals surface area (Å²) in [6.07, 6.45) is 12.4. The molecule has 154 valence electrons. The van der Waals surface area contributed by atoms with E-state index in [4.69, 9.17) is 15.7 Å². The zero-order chi connectivity index (χ0) is 19.5. The van der Waals surface area contributed by atoms with Crippen molar-refractivity contribution in [1.29, 1.82) is 0 Å². The molecule has 2 saturated carbocycles. The SMILES string of the molecule is CC(C)CCNc1nc(NC2CCC(N)CC2)nc2c1ncn2C1CCCC1. The molecule has 4 N–H and O–H groups in total. The number of fused-ring (bicyclic) bond motifs is 1. The third-order valence-corrected chi connectivity index (χ3v) is 6.26. The van der Waals surface area contributed by atoms with Gasteiger partial charge in [-0.3, -0.25) is 0 Å². The maximum absolute atomic E-state index is 6.06.